The maximum Gasteiger partial charge on any atom is 0.333 e. The number of nitro benzene ring substituents is 1. The van der Waals surface area contributed by atoms with E-state index >= 15 is 0 Å². The van der Waals surface area contributed by atoms with Crippen molar-refractivity contribution in [2.75, 3.05) is 11.5 Å². The third kappa shape index (κ3) is 5.02. The molecule has 1 saturated heterocycles. The molecule has 5 rings (SSSR count). The Bertz CT molecular complexity index is 1470. The minimum absolute atomic E-state index is 0.0962. The van der Waals surface area contributed by atoms with Crippen LogP contribution in [0.5, 0.6) is 0 Å². The smallest absolute Gasteiger partial charge is 0.333 e. The molecule has 1 amide bonds. The van der Waals surface area contributed by atoms with E-state index in [1.54, 1.807) is 4.57 Å². The number of carbonyl (C=O) groups is 1. The van der Waals surface area contributed by atoms with Crippen molar-refractivity contribution >= 4 is 34.4 Å². The predicted molar refractivity (Wildman–Crippen MR) is 138 cm³/mol. The first-order valence-electron chi connectivity index (χ1n) is 12.3. The summed E-state index contributed by atoms with van der Waals surface area (Å²) in [6, 6.07) is 6.00. The van der Waals surface area contributed by atoms with Crippen LogP contribution in [0, 0.1) is 15.9 Å². The van der Waals surface area contributed by atoms with Gasteiger partial charge in [-0.25, -0.2) is 14.2 Å². The molecular weight excluding hydrogens is 501 g/mol. The Morgan fingerprint density at radius 3 is 2.46 bits per heavy atom. The van der Waals surface area contributed by atoms with E-state index in [0.29, 0.717) is 25.7 Å². The molecule has 2 fully saturated rings. The Balaban J connectivity index is 1.39. The Hall–Kier alpha value is -3.54. The lowest BCUT2D eigenvalue weighted by Gasteiger charge is -2.31. The van der Waals surface area contributed by atoms with Crippen molar-refractivity contribution in [3.05, 3.63) is 78.9 Å². The SMILES string of the molecule is O=C(NC1CCC(n2c(=O)c3cc(F)cnc3n(C3CCSCC3)c2=O)CC1)c1cccc([N+](=O)[O-])c1. The van der Waals surface area contributed by atoms with Crippen molar-refractivity contribution in [1.82, 2.24) is 19.4 Å². The molecule has 1 aromatic carbocycles. The summed E-state index contributed by atoms with van der Waals surface area (Å²) in [5, 5.41) is 14.0. The molecule has 1 N–H and O–H groups in total. The monoisotopic (exact) mass is 527 g/mol. The summed E-state index contributed by atoms with van der Waals surface area (Å²) < 4.78 is 16.9. The number of aromatic nitrogens is 3. The average Bonchev–Trinajstić information content (AvgIpc) is 2.91. The van der Waals surface area contributed by atoms with Gasteiger partial charge < -0.3 is 5.32 Å². The lowest BCUT2D eigenvalue weighted by Crippen LogP contribution is -2.46. The van der Waals surface area contributed by atoms with Gasteiger partial charge in [0, 0.05) is 35.8 Å². The number of nitrogens with one attached hydrogen (secondary N) is 1. The fourth-order valence-electron chi connectivity index (χ4n) is 5.31. The number of amides is 1. The fourth-order valence-corrected chi connectivity index (χ4v) is 6.39. The van der Waals surface area contributed by atoms with Crippen molar-refractivity contribution in [3.8, 4) is 0 Å². The minimum Gasteiger partial charge on any atom is -0.349 e. The minimum atomic E-state index is -0.631. The molecule has 10 nitrogen and oxygen atoms in total. The third-order valence-corrected chi connectivity index (χ3v) is 8.24. The van der Waals surface area contributed by atoms with E-state index in [0.717, 1.165) is 36.6 Å². The number of carbonyl (C=O) groups excluding carboxylic acids is 1. The average molecular weight is 528 g/mol. The number of hydrogen-bond acceptors (Lipinski definition) is 7. The van der Waals surface area contributed by atoms with Gasteiger partial charge in [0.25, 0.3) is 17.2 Å². The van der Waals surface area contributed by atoms with Gasteiger partial charge in [-0.2, -0.15) is 11.8 Å². The number of fused-ring (bicyclic) bond motifs is 1. The number of nitrogens with zero attached hydrogens (tertiary/aromatic N) is 4. The van der Waals surface area contributed by atoms with Crippen LogP contribution < -0.4 is 16.6 Å². The second kappa shape index (κ2) is 10.4. The Labute approximate surface area is 215 Å². The van der Waals surface area contributed by atoms with E-state index in [1.165, 1.54) is 28.8 Å². The molecule has 0 atom stereocenters. The quantitative estimate of drug-likeness (QED) is 0.397. The lowest BCUT2D eigenvalue weighted by molar-refractivity contribution is -0.384. The molecule has 1 aliphatic carbocycles. The van der Waals surface area contributed by atoms with E-state index in [1.807, 2.05) is 11.8 Å². The molecule has 1 aliphatic heterocycles. The Kier molecular flexibility index (Phi) is 7.09. The van der Waals surface area contributed by atoms with Crippen LogP contribution in [-0.4, -0.2) is 42.5 Å². The second-order valence-corrected chi connectivity index (χ2v) is 10.7. The molecule has 2 aliphatic rings. The third-order valence-electron chi connectivity index (χ3n) is 7.20. The van der Waals surface area contributed by atoms with Crippen molar-refractivity contribution in [3.63, 3.8) is 0 Å². The van der Waals surface area contributed by atoms with Crippen molar-refractivity contribution in [1.29, 1.82) is 0 Å². The highest BCUT2D eigenvalue weighted by atomic mass is 32.2. The van der Waals surface area contributed by atoms with E-state index < -0.39 is 27.9 Å². The summed E-state index contributed by atoms with van der Waals surface area (Å²) >= 11 is 1.82. The molecule has 12 heteroatoms. The van der Waals surface area contributed by atoms with Crippen molar-refractivity contribution < 1.29 is 14.1 Å². The molecule has 0 unspecified atom stereocenters. The van der Waals surface area contributed by atoms with Crippen LogP contribution in [0.25, 0.3) is 11.0 Å². The van der Waals surface area contributed by atoms with E-state index in [4.69, 9.17) is 0 Å². The van der Waals surface area contributed by atoms with Crippen LogP contribution in [0.2, 0.25) is 0 Å². The molecule has 0 bridgehead atoms. The molecule has 3 aromatic rings. The number of benzene rings is 1. The van der Waals surface area contributed by atoms with Crippen molar-refractivity contribution in [2.45, 2.75) is 56.7 Å². The second-order valence-electron chi connectivity index (χ2n) is 9.48. The van der Waals surface area contributed by atoms with E-state index in [9.17, 15) is 28.9 Å². The van der Waals surface area contributed by atoms with Crippen LogP contribution in [0.1, 0.15) is 61.0 Å². The van der Waals surface area contributed by atoms with Crippen LogP contribution in [0.15, 0.2) is 46.1 Å². The van der Waals surface area contributed by atoms with Crippen LogP contribution in [-0.2, 0) is 0 Å². The van der Waals surface area contributed by atoms with Gasteiger partial charge in [0.1, 0.15) is 11.5 Å². The van der Waals surface area contributed by atoms with E-state index in [2.05, 4.69) is 10.3 Å². The van der Waals surface area contributed by atoms with Gasteiger partial charge >= 0.3 is 5.69 Å². The fraction of sp³-hybridized carbons (Fsp3) is 0.440. The standard InChI is InChI=1S/C25H26FN5O5S/c26-16-13-21-22(27-14-16)29(19-8-10-37-11-9-19)25(34)30(24(21)33)18-6-4-17(5-7-18)28-23(32)15-2-1-3-20(12-15)31(35)36/h1-3,12-14,17-19H,4-11H2,(H,28,32). The summed E-state index contributed by atoms with van der Waals surface area (Å²) in [7, 11) is 0. The van der Waals surface area contributed by atoms with Crippen LogP contribution >= 0.6 is 11.8 Å². The van der Waals surface area contributed by atoms with Gasteiger partial charge in [-0.05, 0) is 62.2 Å². The number of nitro groups is 1. The highest BCUT2D eigenvalue weighted by Crippen LogP contribution is 2.30. The lowest BCUT2D eigenvalue weighted by atomic mass is 9.90. The zero-order valence-corrected chi connectivity index (χ0v) is 20.8. The molecule has 0 spiro atoms. The maximum absolute atomic E-state index is 14.1. The van der Waals surface area contributed by atoms with Gasteiger partial charge in [-0.1, -0.05) is 6.07 Å². The zero-order chi connectivity index (χ0) is 26.1. The molecule has 194 valence electrons. The molecule has 2 aromatic heterocycles. The van der Waals surface area contributed by atoms with Crippen LogP contribution in [0.4, 0.5) is 10.1 Å². The number of pyridine rings is 1. The number of rotatable bonds is 5. The van der Waals surface area contributed by atoms with Gasteiger partial charge in [-0.15, -0.1) is 0 Å². The first kappa shape index (κ1) is 25.1. The molecule has 3 heterocycles. The summed E-state index contributed by atoms with van der Waals surface area (Å²) in [5.41, 5.74) is -0.700. The number of hydrogen-bond donors (Lipinski definition) is 1. The zero-order valence-electron chi connectivity index (χ0n) is 20.0. The van der Waals surface area contributed by atoms with Gasteiger partial charge in [0.05, 0.1) is 16.5 Å². The normalized spacial score (nSPS) is 20.6. The summed E-state index contributed by atoms with van der Waals surface area (Å²) in [5.74, 6) is 0.755. The maximum atomic E-state index is 14.1. The molecular formula is C25H26FN5O5S. The summed E-state index contributed by atoms with van der Waals surface area (Å²) in [4.78, 5) is 54.3. The first-order chi connectivity index (χ1) is 17.8. The van der Waals surface area contributed by atoms with Crippen molar-refractivity contribution in [2.24, 2.45) is 0 Å². The summed E-state index contributed by atoms with van der Waals surface area (Å²) in [6.07, 6.45) is 4.58. The summed E-state index contributed by atoms with van der Waals surface area (Å²) in [6.45, 7) is 0. The topological polar surface area (TPSA) is 129 Å². The number of non-ortho nitro benzene ring substituents is 1. The first-order valence-corrected chi connectivity index (χ1v) is 13.4. The highest BCUT2D eigenvalue weighted by molar-refractivity contribution is 7.99. The highest BCUT2D eigenvalue weighted by Gasteiger charge is 2.30. The van der Waals surface area contributed by atoms with Crippen LogP contribution in [0.3, 0.4) is 0 Å². The van der Waals surface area contributed by atoms with Gasteiger partial charge in [0.2, 0.25) is 0 Å². The predicted octanol–water partition coefficient (Wildman–Crippen LogP) is 3.59. The molecule has 1 saturated carbocycles. The Morgan fingerprint density at radius 2 is 1.76 bits per heavy atom. The van der Waals surface area contributed by atoms with Gasteiger partial charge in [-0.3, -0.25) is 28.8 Å². The van der Waals surface area contributed by atoms with Gasteiger partial charge in [0.15, 0.2) is 0 Å². The molecule has 0 radical (unpaired) electrons. The van der Waals surface area contributed by atoms with E-state index in [-0.39, 0.29) is 40.4 Å². The number of thioether (sulfide) groups is 1. The Morgan fingerprint density at radius 1 is 1.05 bits per heavy atom. The molecule has 37 heavy (non-hydrogen) atoms. The number of halogens is 1. The largest absolute Gasteiger partial charge is 0.349 e.